The lowest BCUT2D eigenvalue weighted by Gasteiger charge is -2.16. The number of nitrogens with one attached hydrogen (secondary N) is 1. The van der Waals surface area contributed by atoms with E-state index < -0.39 is 23.5 Å². The van der Waals surface area contributed by atoms with Crippen LogP contribution in [0, 0.1) is 6.92 Å². The summed E-state index contributed by atoms with van der Waals surface area (Å²) in [6.07, 6.45) is 0. The Morgan fingerprint density at radius 1 is 1.08 bits per heavy atom. The van der Waals surface area contributed by atoms with Gasteiger partial charge in [0.25, 0.3) is 5.56 Å². The third-order valence-electron chi connectivity index (χ3n) is 4.10. The molecule has 0 aliphatic heterocycles. The molecule has 0 unspecified atom stereocenters. The molecular formula is C19H17N3O4. The molecule has 0 radical (unpaired) electrons. The summed E-state index contributed by atoms with van der Waals surface area (Å²) < 4.78 is 0.912. The highest BCUT2D eigenvalue weighted by atomic mass is 16.4. The van der Waals surface area contributed by atoms with Crippen molar-refractivity contribution in [3.8, 4) is 0 Å². The number of amides is 1. The minimum Gasteiger partial charge on any atom is -0.476 e. The van der Waals surface area contributed by atoms with E-state index in [0.717, 1.165) is 10.2 Å². The molecule has 0 bridgehead atoms. The number of carboxylic acids is 1. The molecule has 1 aromatic heterocycles. The molecule has 1 atom stereocenters. The van der Waals surface area contributed by atoms with Crippen molar-refractivity contribution in [2.24, 2.45) is 0 Å². The molecule has 0 aliphatic carbocycles. The molecule has 2 N–H and O–H groups in total. The predicted octanol–water partition coefficient (Wildman–Crippen LogP) is 2.60. The van der Waals surface area contributed by atoms with E-state index in [1.54, 1.807) is 24.3 Å². The largest absolute Gasteiger partial charge is 0.476 e. The van der Waals surface area contributed by atoms with Crippen LogP contribution in [0.15, 0.2) is 53.3 Å². The summed E-state index contributed by atoms with van der Waals surface area (Å²) >= 11 is 0. The Balaban J connectivity index is 2.02. The zero-order valence-electron chi connectivity index (χ0n) is 14.3. The number of anilines is 1. The smallest absolute Gasteiger partial charge is 0.357 e. The monoisotopic (exact) mass is 351 g/mol. The standard InChI is InChI=1S/C19H17N3O4/c1-11-7-9-13(10-8-11)20-17(23)12(2)22-18(24)15-6-4-3-5-14(15)16(21-22)19(25)26/h3-10,12H,1-2H3,(H,20,23)(H,25,26)/t12-/m0/s1. The average molecular weight is 351 g/mol. The first-order valence-electron chi connectivity index (χ1n) is 8.01. The van der Waals surface area contributed by atoms with Crippen LogP contribution in [0.1, 0.15) is 29.0 Å². The number of hydrogen-bond donors (Lipinski definition) is 2. The van der Waals surface area contributed by atoms with Crippen LogP contribution in [0.3, 0.4) is 0 Å². The number of carbonyl (C=O) groups excluding carboxylic acids is 1. The molecule has 7 heteroatoms. The Labute approximate surface area is 148 Å². The number of nitrogens with zero attached hydrogens (tertiary/aromatic N) is 2. The highest BCUT2D eigenvalue weighted by Crippen LogP contribution is 2.16. The van der Waals surface area contributed by atoms with Crippen LogP contribution in [-0.4, -0.2) is 26.8 Å². The lowest BCUT2D eigenvalue weighted by Crippen LogP contribution is -2.34. The van der Waals surface area contributed by atoms with Crippen molar-refractivity contribution in [3.63, 3.8) is 0 Å². The molecule has 1 heterocycles. The number of hydrogen-bond acceptors (Lipinski definition) is 4. The minimum atomic E-state index is -1.26. The first kappa shape index (κ1) is 17.3. The first-order chi connectivity index (χ1) is 12.4. The Morgan fingerprint density at radius 2 is 1.69 bits per heavy atom. The van der Waals surface area contributed by atoms with E-state index in [2.05, 4.69) is 10.4 Å². The average Bonchev–Trinajstić information content (AvgIpc) is 2.63. The summed E-state index contributed by atoms with van der Waals surface area (Å²) in [6, 6.07) is 12.5. The van der Waals surface area contributed by atoms with Gasteiger partial charge in [-0.2, -0.15) is 5.10 Å². The van der Waals surface area contributed by atoms with E-state index in [4.69, 9.17) is 0 Å². The molecule has 3 rings (SSSR count). The Bertz CT molecular complexity index is 1050. The van der Waals surface area contributed by atoms with Gasteiger partial charge < -0.3 is 10.4 Å². The van der Waals surface area contributed by atoms with Crippen molar-refractivity contribution < 1.29 is 14.7 Å². The summed E-state index contributed by atoms with van der Waals surface area (Å²) in [7, 11) is 0. The second kappa shape index (κ2) is 6.79. The van der Waals surface area contributed by atoms with E-state index in [1.165, 1.54) is 19.1 Å². The highest BCUT2D eigenvalue weighted by Gasteiger charge is 2.22. The molecule has 0 fully saturated rings. The SMILES string of the molecule is Cc1ccc(NC(=O)[C@H](C)n2nc(C(=O)O)c3ccccc3c2=O)cc1. The molecule has 0 saturated heterocycles. The van der Waals surface area contributed by atoms with Gasteiger partial charge in [0.15, 0.2) is 5.69 Å². The molecular weight excluding hydrogens is 334 g/mol. The lowest BCUT2D eigenvalue weighted by molar-refractivity contribution is -0.119. The van der Waals surface area contributed by atoms with Gasteiger partial charge in [0.05, 0.1) is 5.39 Å². The van der Waals surface area contributed by atoms with Crippen molar-refractivity contribution in [2.45, 2.75) is 19.9 Å². The van der Waals surface area contributed by atoms with Gasteiger partial charge in [0, 0.05) is 11.1 Å². The summed E-state index contributed by atoms with van der Waals surface area (Å²) in [5.74, 6) is -1.73. The summed E-state index contributed by atoms with van der Waals surface area (Å²) in [6.45, 7) is 3.43. The van der Waals surface area contributed by atoms with Crippen molar-refractivity contribution in [2.75, 3.05) is 5.32 Å². The van der Waals surface area contributed by atoms with Gasteiger partial charge >= 0.3 is 5.97 Å². The number of aryl methyl sites for hydroxylation is 1. The number of carboxylic acid groups (broad SMARTS) is 1. The highest BCUT2D eigenvalue weighted by molar-refractivity contribution is 6.01. The second-order valence-electron chi connectivity index (χ2n) is 5.98. The van der Waals surface area contributed by atoms with E-state index >= 15 is 0 Å². The van der Waals surface area contributed by atoms with E-state index in [9.17, 15) is 19.5 Å². The van der Waals surface area contributed by atoms with Crippen LogP contribution in [-0.2, 0) is 4.79 Å². The first-order valence-corrected chi connectivity index (χ1v) is 8.01. The molecule has 0 aliphatic rings. The van der Waals surface area contributed by atoms with Crippen LogP contribution in [0.2, 0.25) is 0 Å². The lowest BCUT2D eigenvalue weighted by atomic mass is 10.1. The fourth-order valence-corrected chi connectivity index (χ4v) is 2.62. The Morgan fingerprint density at radius 3 is 2.31 bits per heavy atom. The third-order valence-corrected chi connectivity index (χ3v) is 4.10. The minimum absolute atomic E-state index is 0.204. The van der Waals surface area contributed by atoms with Gasteiger partial charge in [-0.1, -0.05) is 35.9 Å². The maximum absolute atomic E-state index is 12.7. The zero-order valence-corrected chi connectivity index (χ0v) is 14.3. The number of carbonyl (C=O) groups is 2. The van der Waals surface area contributed by atoms with E-state index in [1.807, 2.05) is 19.1 Å². The topological polar surface area (TPSA) is 101 Å². The van der Waals surface area contributed by atoms with Crippen molar-refractivity contribution in [1.82, 2.24) is 9.78 Å². The molecule has 2 aromatic carbocycles. The quantitative estimate of drug-likeness (QED) is 0.752. The molecule has 132 valence electrons. The fourth-order valence-electron chi connectivity index (χ4n) is 2.62. The van der Waals surface area contributed by atoms with Crippen LogP contribution < -0.4 is 10.9 Å². The third kappa shape index (κ3) is 3.19. The normalized spacial score (nSPS) is 11.9. The molecule has 7 nitrogen and oxygen atoms in total. The number of aromatic nitrogens is 2. The molecule has 0 spiro atoms. The van der Waals surface area contributed by atoms with Crippen LogP contribution in [0.25, 0.3) is 10.8 Å². The van der Waals surface area contributed by atoms with Crippen LogP contribution >= 0.6 is 0 Å². The number of aromatic carboxylic acids is 1. The maximum Gasteiger partial charge on any atom is 0.357 e. The summed E-state index contributed by atoms with van der Waals surface area (Å²) in [5.41, 5.74) is 0.849. The fraction of sp³-hybridized carbons (Fsp3) is 0.158. The molecule has 3 aromatic rings. The Hall–Kier alpha value is -3.48. The second-order valence-corrected chi connectivity index (χ2v) is 5.98. The predicted molar refractivity (Wildman–Crippen MR) is 97.5 cm³/mol. The van der Waals surface area contributed by atoms with Gasteiger partial charge in [-0.05, 0) is 32.0 Å². The summed E-state index contributed by atoms with van der Waals surface area (Å²) in [5, 5.41) is 16.5. The van der Waals surface area contributed by atoms with Crippen molar-refractivity contribution in [3.05, 3.63) is 70.1 Å². The van der Waals surface area contributed by atoms with Crippen LogP contribution in [0.4, 0.5) is 5.69 Å². The summed E-state index contributed by atoms with van der Waals surface area (Å²) in [4.78, 5) is 36.7. The maximum atomic E-state index is 12.7. The van der Waals surface area contributed by atoms with E-state index in [-0.39, 0.29) is 16.5 Å². The van der Waals surface area contributed by atoms with Crippen LogP contribution in [0.5, 0.6) is 0 Å². The van der Waals surface area contributed by atoms with E-state index in [0.29, 0.717) is 5.69 Å². The van der Waals surface area contributed by atoms with Gasteiger partial charge in [-0.15, -0.1) is 0 Å². The number of benzene rings is 2. The van der Waals surface area contributed by atoms with Gasteiger partial charge in [0.2, 0.25) is 5.91 Å². The van der Waals surface area contributed by atoms with Crippen molar-refractivity contribution in [1.29, 1.82) is 0 Å². The zero-order chi connectivity index (χ0) is 18.8. The van der Waals surface area contributed by atoms with Gasteiger partial charge in [-0.25, -0.2) is 9.48 Å². The molecule has 1 amide bonds. The number of rotatable bonds is 4. The number of fused-ring (bicyclic) bond motifs is 1. The van der Waals surface area contributed by atoms with Gasteiger partial charge in [0.1, 0.15) is 6.04 Å². The molecule has 26 heavy (non-hydrogen) atoms. The Kier molecular flexibility index (Phi) is 4.53. The van der Waals surface area contributed by atoms with Crippen molar-refractivity contribution >= 4 is 28.3 Å². The van der Waals surface area contributed by atoms with Gasteiger partial charge in [-0.3, -0.25) is 9.59 Å². The molecule has 0 saturated carbocycles.